The van der Waals surface area contributed by atoms with Crippen LogP contribution in [0.5, 0.6) is 0 Å². The van der Waals surface area contributed by atoms with Gasteiger partial charge in [0.15, 0.2) is 0 Å². The Kier molecular flexibility index (Phi) is 3.95. The topological polar surface area (TPSA) is 29.3 Å². The van der Waals surface area contributed by atoms with Crippen molar-refractivity contribution in [3.63, 3.8) is 0 Å². The van der Waals surface area contributed by atoms with Crippen LogP contribution in [-0.2, 0) is 0 Å². The summed E-state index contributed by atoms with van der Waals surface area (Å²) in [6.45, 7) is 5.43. The van der Waals surface area contributed by atoms with E-state index in [-0.39, 0.29) is 0 Å². The molecule has 0 bridgehead atoms. The summed E-state index contributed by atoms with van der Waals surface area (Å²) < 4.78 is 0. The first-order valence-electron chi connectivity index (χ1n) is 4.73. The average molecular weight is 186 g/mol. The first-order chi connectivity index (χ1) is 5.72. The molecule has 0 aromatic heterocycles. The fourth-order valence-corrected chi connectivity index (χ4v) is 2.03. The van der Waals surface area contributed by atoms with Gasteiger partial charge in [-0.15, -0.1) is 0 Å². The number of nitrogens with two attached hydrogens (primary N) is 1. The summed E-state index contributed by atoms with van der Waals surface area (Å²) in [5.74, 6) is 0.869. The Bertz CT molecular complexity index is 159. The average Bonchev–Trinajstić information content (AvgIpc) is 2.03. The van der Waals surface area contributed by atoms with Crippen molar-refractivity contribution in [2.45, 2.75) is 26.2 Å². The number of thiocarbonyl (C=S) groups is 1. The van der Waals surface area contributed by atoms with Crippen LogP contribution in [0.2, 0.25) is 0 Å². The lowest BCUT2D eigenvalue weighted by molar-refractivity contribution is 0.193. The molecule has 1 saturated heterocycles. The zero-order valence-electron chi connectivity index (χ0n) is 7.75. The number of rotatable bonds is 3. The van der Waals surface area contributed by atoms with Crippen LogP contribution in [0, 0.1) is 5.92 Å². The monoisotopic (exact) mass is 186 g/mol. The molecule has 1 atom stereocenters. The number of hydrogen-bond acceptors (Lipinski definition) is 2. The Labute approximate surface area is 80.1 Å². The van der Waals surface area contributed by atoms with E-state index in [9.17, 15) is 0 Å². The largest absolute Gasteiger partial charge is 0.392 e. The molecule has 1 heterocycles. The lowest BCUT2D eigenvalue weighted by Gasteiger charge is -2.31. The first kappa shape index (κ1) is 9.93. The summed E-state index contributed by atoms with van der Waals surface area (Å²) in [4.78, 5) is 3.01. The molecule has 1 aliphatic heterocycles. The fraction of sp³-hybridized carbons (Fsp3) is 0.889. The van der Waals surface area contributed by atoms with Crippen LogP contribution in [0.3, 0.4) is 0 Å². The van der Waals surface area contributed by atoms with E-state index in [1.165, 1.54) is 32.4 Å². The van der Waals surface area contributed by atoms with Gasteiger partial charge in [0.2, 0.25) is 0 Å². The Balaban J connectivity index is 2.30. The molecule has 2 N–H and O–H groups in total. The molecular formula is C9H18N2S. The minimum Gasteiger partial charge on any atom is -0.392 e. The van der Waals surface area contributed by atoms with E-state index < -0.39 is 0 Å². The summed E-state index contributed by atoms with van der Waals surface area (Å²) in [7, 11) is 0. The van der Waals surface area contributed by atoms with Crippen LogP contribution in [0.25, 0.3) is 0 Å². The third-order valence-electron chi connectivity index (χ3n) is 2.56. The maximum atomic E-state index is 5.50. The molecule has 0 aliphatic carbocycles. The second-order valence-corrected chi connectivity index (χ2v) is 4.14. The summed E-state index contributed by atoms with van der Waals surface area (Å²) in [6.07, 6.45) is 3.97. The lowest BCUT2D eigenvalue weighted by Crippen LogP contribution is -2.40. The molecule has 0 amide bonds. The Morgan fingerprint density at radius 1 is 1.67 bits per heavy atom. The summed E-state index contributed by atoms with van der Waals surface area (Å²) in [6, 6.07) is 0. The van der Waals surface area contributed by atoms with Gasteiger partial charge >= 0.3 is 0 Å². The van der Waals surface area contributed by atoms with Gasteiger partial charge in [-0.1, -0.05) is 25.6 Å². The van der Waals surface area contributed by atoms with E-state index in [0.29, 0.717) is 4.99 Å². The van der Waals surface area contributed by atoms with Gasteiger partial charge in [-0.05, 0) is 25.3 Å². The number of nitrogens with zero attached hydrogens (tertiary/aromatic N) is 1. The fourth-order valence-electron chi connectivity index (χ4n) is 1.85. The van der Waals surface area contributed by atoms with Crippen molar-refractivity contribution in [2.24, 2.45) is 11.7 Å². The number of piperidine rings is 1. The zero-order valence-corrected chi connectivity index (χ0v) is 8.57. The minimum absolute atomic E-state index is 0.631. The second-order valence-electron chi connectivity index (χ2n) is 3.62. The highest BCUT2D eigenvalue weighted by Crippen LogP contribution is 2.18. The van der Waals surface area contributed by atoms with Crippen LogP contribution >= 0.6 is 12.2 Å². The van der Waals surface area contributed by atoms with Gasteiger partial charge in [0.25, 0.3) is 0 Å². The van der Waals surface area contributed by atoms with Crippen molar-refractivity contribution in [1.29, 1.82) is 0 Å². The van der Waals surface area contributed by atoms with E-state index in [0.717, 1.165) is 12.5 Å². The highest BCUT2D eigenvalue weighted by atomic mass is 32.1. The SMILES string of the molecule is CCC1CCCN(CC(N)=S)C1. The highest BCUT2D eigenvalue weighted by molar-refractivity contribution is 7.80. The standard InChI is InChI=1S/C9H18N2S/c1-2-8-4-3-5-11(6-8)7-9(10)12/h8H,2-7H2,1H3,(H2,10,12). The Morgan fingerprint density at radius 2 is 2.42 bits per heavy atom. The first-order valence-corrected chi connectivity index (χ1v) is 5.14. The molecule has 0 aromatic carbocycles. The molecule has 3 heteroatoms. The second kappa shape index (κ2) is 4.77. The van der Waals surface area contributed by atoms with Crippen molar-refractivity contribution in [3.8, 4) is 0 Å². The molecule has 1 aliphatic rings. The smallest absolute Gasteiger partial charge is 0.0870 e. The van der Waals surface area contributed by atoms with Crippen LogP contribution in [-0.4, -0.2) is 29.5 Å². The summed E-state index contributed by atoms with van der Waals surface area (Å²) >= 11 is 4.89. The lowest BCUT2D eigenvalue weighted by atomic mass is 9.96. The van der Waals surface area contributed by atoms with Gasteiger partial charge < -0.3 is 5.73 Å². The Morgan fingerprint density at radius 3 is 3.00 bits per heavy atom. The van der Waals surface area contributed by atoms with E-state index in [2.05, 4.69) is 11.8 Å². The third-order valence-corrected chi connectivity index (χ3v) is 2.69. The van der Waals surface area contributed by atoms with E-state index in [4.69, 9.17) is 18.0 Å². The van der Waals surface area contributed by atoms with Crippen LogP contribution in [0.4, 0.5) is 0 Å². The predicted molar refractivity (Wildman–Crippen MR) is 56.2 cm³/mol. The summed E-state index contributed by atoms with van der Waals surface area (Å²) in [5.41, 5.74) is 5.50. The number of likely N-dealkylation sites (tertiary alicyclic amines) is 1. The molecule has 2 nitrogen and oxygen atoms in total. The summed E-state index contributed by atoms with van der Waals surface area (Å²) in [5, 5.41) is 0. The third kappa shape index (κ3) is 3.07. The molecule has 0 spiro atoms. The van der Waals surface area contributed by atoms with Crippen molar-refractivity contribution in [1.82, 2.24) is 4.90 Å². The highest BCUT2D eigenvalue weighted by Gasteiger charge is 2.18. The van der Waals surface area contributed by atoms with Crippen molar-refractivity contribution < 1.29 is 0 Å². The predicted octanol–water partition coefficient (Wildman–Crippen LogP) is 1.39. The van der Waals surface area contributed by atoms with E-state index in [1.807, 2.05) is 0 Å². The van der Waals surface area contributed by atoms with Gasteiger partial charge in [0.05, 0.1) is 4.99 Å². The van der Waals surface area contributed by atoms with Gasteiger partial charge in [-0.2, -0.15) is 0 Å². The van der Waals surface area contributed by atoms with Gasteiger partial charge in [0, 0.05) is 13.1 Å². The van der Waals surface area contributed by atoms with Crippen molar-refractivity contribution in [2.75, 3.05) is 19.6 Å². The minimum atomic E-state index is 0.631. The molecule has 12 heavy (non-hydrogen) atoms. The number of hydrogen-bond donors (Lipinski definition) is 1. The molecule has 0 aromatic rings. The maximum Gasteiger partial charge on any atom is 0.0870 e. The van der Waals surface area contributed by atoms with Crippen LogP contribution in [0.1, 0.15) is 26.2 Å². The quantitative estimate of drug-likeness (QED) is 0.675. The zero-order chi connectivity index (χ0) is 8.97. The van der Waals surface area contributed by atoms with Gasteiger partial charge in [0.1, 0.15) is 0 Å². The Hall–Kier alpha value is -0.150. The van der Waals surface area contributed by atoms with E-state index >= 15 is 0 Å². The molecule has 1 rings (SSSR count). The molecule has 70 valence electrons. The molecule has 1 fully saturated rings. The molecule has 0 radical (unpaired) electrons. The van der Waals surface area contributed by atoms with Crippen LogP contribution in [0.15, 0.2) is 0 Å². The van der Waals surface area contributed by atoms with Crippen molar-refractivity contribution >= 4 is 17.2 Å². The maximum absolute atomic E-state index is 5.50. The van der Waals surface area contributed by atoms with Gasteiger partial charge in [-0.25, -0.2) is 0 Å². The normalized spacial score (nSPS) is 25.6. The van der Waals surface area contributed by atoms with Crippen molar-refractivity contribution in [3.05, 3.63) is 0 Å². The van der Waals surface area contributed by atoms with E-state index in [1.54, 1.807) is 0 Å². The van der Waals surface area contributed by atoms with Crippen LogP contribution < -0.4 is 5.73 Å². The van der Waals surface area contributed by atoms with Gasteiger partial charge in [-0.3, -0.25) is 4.90 Å². The molecular weight excluding hydrogens is 168 g/mol. The molecule has 1 unspecified atom stereocenters. The molecule has 0 saturated carbocycles.